The first-order valence-electron chi connectivity index (χ1n) is 31.7. The van der Waals surface area contributed by atoms with Gasteiger partial charge in [0.15, 0.2) is 11.5 Å². The third-order valence-corrected chi connectivity index (χ3v) is 20.2. The molecular weight excluding hydrogens is 1150 g/mol. The van der Waals surface area contributed by atoms with E-state index in [0.29, 0.717) is 28.7 Å². The first kappa shape index (κ1) is 49.7. The molecule has 0 fully saturated rings. The molecule has 0 radical (unpaired) electrons. The van der Waals surface area contributed by atoms with E-state index in [1.165, 1.54) is 32.6 Å². The Morgan fingerprint density at radius 3 is 1.50 bits per heavy atom. The Kier molecular flexibility index (Phi) is 9.56. The molecule has 94 heavy (non-hydrogen) atoms. The summed E-state index contributed by atoms with van der Waals surface area (Å²) in [5, 5.41) is 29.4. The van der Waals surface area contributed by atoms with Crippen molar-refractivity contribution in [2.75, 3.05) is 0 Å². The van der Waals surface area contributed by atoms with Crippen molar-refractivity contribution in [1.82, 2.24) is 42.9 Å². The lowest BCUT2D eigenvalue weighted by molar-refractivity contribution is 1.01. The van der Waals surface area contributed by atoms with Crippen LogP contribution in [0.1, 0.15) is 5.56 Å². The van der Waals surface area contributed by atoms with Crippen LogP contribution in [-0.2, 0) is 0 Å². The van der Waals surface area contributed by atoms with Gasteiger partial charge < -0.3 is 8.80 Å². The Morgan fingerprint density at radius 1 is 0.298 bits per heavy atom. The lowest BCUT2D eigenvalue weighted by atomic mass is 9.99. The van der Waals surface area contributed by atoms with Crippen molar-refractivity contribution in [3.05, 3.63) is 273 Å². The summed E-state index contributed by atoms with van der Waals surface area (Å²) in [6.07, 6.45) is 1.82. The van der Waals surface area contributed by atoms with E-state index in [1.807, 2.05) is 42.6 Å². The average Bonchev–Trinajstić information content (AvgIpc) is 1.52. The van der Waals surface area contributed by atoms with Crippen LogP contribution in [-0.4, -0.2) is 42.9 Å². The number of pyridine rings is 1. The molecule has 10 nitrogen and oxygen atoms in total. The number of fused-ring (bicyclic) bond motifs is 26. The van der Waals surface area contributed by atoms with Gasteiger partial charge in [0.1, 0.15) is 5.69 Å². The van der Waals surface area contributed by atoms with Crippen LogP contribution >= 0.6 is 0 Å². The van der Waals surface area contributed by atoms with Crippen molar-refractivity contribution in [3.63, 3.8) is 0 Å². The van der Waals surface area contributed by atoms with E-state index in [-0.39, 0.29) is 0 Å². The van der Waals surface area contributed by atoms with Gasteiger partial charge in [-0.2, -0.15) is 10.2 Å². The molecular formula is C84H44N10. The summed E-state index contributed by atoms with van der Waals surface area (Å²) < 4.78 is 9.64. The summed E-state index contributed by atoms with van der Waals surface area (Å²) >= 11 is 0. The molecule has 22 rings (SSSR count). The van der Waals surface area contributed by atoms with Gasteiger partial charge in [-0.25, -0.2) is 19.9 Å². The average molecular weight is 1190 g/mol. The quantitative estimate of drug-likeness (QED) is 0.170. The zero-order valence-corrected chi connectivity index (χ0v) is 49.9. The van der Waals surface area contributed by atoms with E-state index in [2.05, 4.69) is 248 Å². The van der Waals surface area contributed by atoms with Crippen LogP contribution in [0.2, 0.25) is 0 Å². The number of benzene rings is 13. The van der Waals surface area contributed by atoms with Crippen LogP contribution < -0.4 is 0 Å². The molecule has 9 aromatic heterocycles. The molecule has 0 bridgehead atoms. The van der Waals surface area contributed by atoms with Gasteiger partial charge in [-0.15, -0.1) is 0 Å². The predicted octanol–water partition coefficient (Wildman–Crippen LogP) is 20.6. The van der Waals surface area contributed by atoms with Crippen molar-refractivity contribution in [1.29, 1.82) is 5.26 Å². The summed E-state index contributed by atoms with van der Waals surface area (Å²) in [6.45, 7) is 0. The third kappa shape index (κ3) is 6.43. The van der Waals surface area contributed by atoms with Gasteiger partial charge in [0.05, 0.1) is 83.5 Å². The number of hydrogen-bond donors (Lipinski definition) is 0. The third-order valence-electron chi connectivity index (χ3n) is 20.2. The molecule has 9 heterocycles. The highest BCUT2D eigenvalue weighted by Gasteiger charge is 2.30. The molecule has 0 aliphatic heterocycles. The van der Waals surface area contributed by atoms with Gasteiger partial charge in [-0.3, -0.25) is 9.13 Å². The maximum atomic E-state index is 10.1. The molecule has 430 valence electrons. The van der Waals surface area contributed by atoms with E-state index < -0.39 is 0 Å². The molecule has 0 N–H and O–H groups in total. The number of rotatable bonds is 5. The number of para-hydroxylation sites is 3. The van der Waals surface area contributed by atoms with Crippen molar-refractivity contribution in [2.45, 2.75) is 0 Å². The molecule has 0 unspecified atom stereocenters. The second kappa shape index (κ2) is 18.1. The highest BCUT2D eigenvalue weighted by molar-refractivity contribution is 6.37. The van der Waals surface area contributed by atoms with Crippen LogP contribution in [0.4, 0.5) is 0 Å². The molecule has 0 aliphatic rings. The minimum Gasteiger partial charge on any atom is -0.308 e. The smallest absolute Gasteiger partial charge is 0.237 e. The van der Waals surface area contributed by atoms with Gasteiger partial charge in [-0.05, 0) is 101 Å². The number of nitriles is 1. The maximum Gasteiger partial charge on any atom is 0.237 e. The molecule has 0 aliphatic carbocycles. The minimum atomic E-state index is 0.565. The Hall–Kier alpha value is -13.1. The standard InChI is InChI=1S/C84H44N10/c85-45-46-28-30-50(31-29-46)75-83(93-76-53-19-6-4-15-47(53)32-36-56(76)63-43-62-55-21-8-11-25-68(55)91-69-26-12-9-22-58(69)72(78(62)91)80(63)93)88-66-38-34-52(42-67(66)87-75)51-35-39-71-61(41-51)65-44-64-57-37-33-48-16-5-7-20-54(48)77(57)94(81(64)73-59-23-10-13-27-70(59)92(71)79(65)73)84-89-74(49-17-2-1-3-18-49)60-24-14-40-86-82(60)90-84/h1-44H. The zero-order chi connectivity index (χ0) is 61.2. The van der Waals surface area contributed by atoms with Crippen molar-refractivity contribution >= 4 is 163 Å². The highest BCUT2D eigenvalue weighted by Crippen LogP contribution is 2.51. The summed E-state index contributed by atoms with van der Waals surface area (Å²) in [5.41, 5.74) is 19.3. The van der Waals surface area contributed by atoms with Gasteiger partial charge in [0.25, 0.3) is 0 Å². The number of nitrogens with zero attached hydrogens (tertiary/aromatic N) is 10. The van der Waals surface area contributed by atoms with Crippen LogP contribution in [0.15, 0.2) is 267 Å². The number of hydrogen-bond acceptors (Lipinski definition) is 6. The SMILES string of the molecule is N#Cc1ccc(-c2nc3cc(-c4ccc5c(c4)c4cc6c7ccc8ccccc8c7n(-c7nc(-c8ccccc8)c8cccnc8n7)c6c6c7ccccc7n5c46)ccc3nc2-n2c3c4ccccc4ccc3c3cc4c5ccccc5n5c6ccccc6c(c32)c45)cc1. The summed E-state index contributed by atoms with van der Waals surface area (Å²) in [4.78, 5) is 27.4. The first-order valence-corrected chi connectivity index (χ1v) is 31.7. The molecule has 0 amide bonds. The van der Waals surface area contributed by atoms with E-state index in [9.17, 15) is 5.26 Å². The molecule has 10 heteroatoms. The van der Waals surface area contributed by atoms with Crippen LogP contribution in [0.3, 0.4) is 0 Å². The predicted molar refractivity (Wildman–Crippen MR) is 384 cm³/mol. The normalized spacial score (nSPS) is 12.5. The van der Waals surface area contributed by atoms with Crippen LogP contribution in [0, 0.1) is 11.3 Å². The highest BCUT2D eigenvalue weighted by atomic mass is 15.2. The topological polar surface area (TPSA) is 107 Å². The van der Waals surface area contributed by atoms with Crippen LogP contribution in [0.5, 0.6) is 0 Å². The fourth-order valence-corrected chi connectivity index (χ4v) is 16.3. The Balaban J connectivity index is 0.800. The molecule has 0 atom stereocenters. The largest absolute Gasteiger partial charge is 0.308 e. The van der Waals surface area contributed by atoms with Gasteiger partial charge in [0.2, 0.25) is 5.95 Å². The van der Waals surface area contributed by atoms with E-state index >= 15 is 0 Å². The van der Waals surface area contributed by atoms with E-state index in [4.69, 9.17) is 24.9 Å². The monoisotopic (exact) mass is 1190 g/mol. The van der Waals surface area contributed by atoms with Crippen molar-refractivity contribution in [3.8, 4) is 51.5 Å². The Bertz CT molecular complexity index is 7170. The molecule has 0 saturated carbocycles. The molecule has 0 spiro atoms. The van der Waals surface area contributed by atoms with Crippen molar-refractivity contribution in [2.24, 2.45) is 0 Å². The number of aromatic nitrogens is 9. The Morgan fingerprint density at radius 2 is 0.819 bits per heavy atom. The van der Waals surface area contributed by atoms with Gasteiger partial charge >= 0.3 is 0 Å². The van der Waals surface area contributed by atoms with Gasteiger partial charge in [0, 0.05) is 98.1 Å². The van der Waals surface area contributed by atoms with E-state index in [0.717, 1.165) is 153 Å². The fraction of sp³-hybridized carbons (Fsp3) is 0. The van der Waals surface area contributed by atoms with E-state index in [1.54, 1.807) is 0 Å². The maximum absolute atomic E-state index is 10.1. The summed E-state index contributed by atoms with van der Waals surface area (Å²) in [6, 6.07) is 95.6. The minimum absolute atomic E-state index is 0.565. The Labute approximate surface area is 532 Å². The van der Waals surface area contributed by atoms with Crippen molar-refractivity contribution < 1.29 is 0 Å². The summed E-state index contributed by atoms with van der Waals surface area (Å²) in [5.74, 6) is 1.28. The molecule has 22 aromatic rings. The first-order chi connectivity index (χ1) is 46.6. The molecule has 13 aromatic carbocycles. The lowest BCUT2D eigenvalue weighted by Gasteiger charge is -2.16. The second-order valence-electron chi connectivity index (χ2n) is 25.0. The fourth-order valence-electron chi connectivity index (χ4n) is 16.3. The zero-order valence-electron chi connectivity index (χ0n) is 49.9. The second-order valence-corrected chi connectivity index (χ2v) is 25.0. The lowest BCUT2D eigenvalue weighted by Crippen LogP contribution is -2.04. The van der Waals surface area contributed by atoms with Gasteiger partial charge in [-0.1, -0.05) is 182 Å². The van der Waals surface area contributed by atoms with Crippen LogP contribution in [0.25, 0.3) is 209 Å². The molecule has 0 saturated heterocycles. The summed E-state index contributed by atoms with van der Waals surface area (Å²) in [7, 11) is 0.